The summed E-state index contributed by atoms with van der Waals surface area (Å²) in [6.45, 7) is 0. The summed E-state index contributed by atoms with van der Waals surface area (Å²) in [5, 5.41) is 25.9. The minimum atomic E-state index is -0.550. The number of nitrogens with one attached hydrogen (secondary N) is 3. The molecule has 0 fully saturated rings. The van der Waals surface area contributed by atoms with E-state index < -0.39 is 11.7 Å². The second kappa shape index (κ2) is 4.50. The first-order valence-electron chi connectivity index (χ1n) is 4.83. The zero-order valence-electron chi connectivity index (χ0n) is 9.03. The summed E-state index contributed by atoms with van der Waals surface area (Å²) in [6, 6.07) is 4.67. The molecule has 2 rings (SSSR count). The average molecular weight is 245 g/mol. The molecule has 0 aliphatic carbocycles. The molecular weight excluding hydrogens is 237 g/mol. The number of anilines is 1. The number of aromatic nitrogens is 2. The van der Waals surface area contributed by atoms with Crippen molar-refractivity contribution in [1.29, 1.82) is 10.7 Å². The SMILES string of the molecule is N#C/C(=N\Nc1ccc2[nH]ncc2c1F)C(=N)N. The molecular formula is C10H8FN7. The van der Waals surface area contributed by atoms with Gasteiger partial charge in [-0.3, -0.25) is 15.9 Å². The molecule has 0 amide bonds. The third-order valence-electron chi connectivity index (χ3n) is 2.21. The number of nitrogens with two attached hydrogens (primary N) is 1. The molecule has 2 aromatic rings. The Morgan fingerprint density at radius 2 is 2.39 bits per heavy atom. The van der Waals surface area contributed by atoms with Gasteiger partial charge in [0.05, 0.1) is 22.8 Å². The zero-order chi connectivity index (χ0) is 13.1. The number of fused-ring (bicyclic) bond motifs is 1. The lowest BCUT2D eigenvalue weighted by atomic mass is 10.2. The van der Waals surface area contributed by atoms with Crippen LogP contribution >= 0.6 is 0 Å². The molecule has 0 bridgehead atoms. The Balaban J connectivity index is 2.35. The van der Waals surface area contributed by atoms with E-state index in [0.717, 1.165) is 0 Å². The van der Waals surface area contributed by atoms with Crippen molar-refractivity contribution < 1.29 is 4.39 Å². The van der Waals surface area contributed by atoms with Crippen molar-refractivity contribution in [3.63, 3.8) is 0 Å². The van der Waals surface area contributed by atoms with Gasteiger partial charge < -0.3 is 5.73 Å². The summed E-state index contributed by atoms with van der Waals surface area (Å²) in [4.78, 5) is 0. The summed E-state index contributed by atoms with van der Waals surface area (Å²) in [7, 11) is 0. The van der Waals surface area contributed by atoms with Gasteiger partial charge in [0, 0.05) is 0 Å². The molecule has 0 unspecified atom stereocenters. The van der Waals surface area contributed by atoms with E-state index in [-0.39, 0.29) is 11.4 Å². The second-order valence-electron chi connectivity index (χ2n) is 3.36. The molecule has 7 nitrogen and oxygen atoms in total. The van der Waals surface area contributed by atoms with Crippen LogP contribution in [0.25, 0.3) is 10.9 Å². The third kappa shape index (κ3) is 1.97. The second-order valence-corrected chi connectivity index (χ2v) is 3.36. The molecule has 0 saturated heterocycles. The van der Waals surface area contributed by atoms with Crippen LogP contribution in [0.1, 0.15) is 0 Å². The first-order chi connectivity index (χ1) is 8.63. The van der Waals surface area contributed by atoms with Gasteiger partial charge in [0.1, 0.15) is 6.07 Å². The van der Waals surface area contributed by atoms with E-state index in [2.05, 4.69) is 20.7 Å². The minimum absolute atomic E-state index is 0.0675. The van der Waals surface area contributed by atoms with Crippen LogP contribution < -0.4 is 11.2 Å². The normalized spacial score (nSPS) is 11.2. The van der Waals surface area contributed by atoms with E-state index >= 15 is 0 Å². The first-order valence-corrected chi connectivity index (χ1v) is 4.83. The fraction of sp³-hybridized carbons (Fsp3) is 0. The van der Waals surface area contributed by atoms with E-state index in [1.165, 1.54) is 12.3 Å². The van der Waals surface area contributed by atoms with Crippen LogP contribution in [0.2, 0.25) is 0 Å². The highest BCUT2D eigenvalue weighted by Crippen LogP contribution is 2.22. The molecule has 18 heavy (non-hydrogen) atoms. The quantitative estimate of drug-likeness (QED) is 0.364. The summed E-state index contributed by atoms with van der Waals surface area (Å²) < 4.78 is 13.9. The number of hydrogen-bond acceptors (Lipinski definition) is 5. The number of benzene rings is 1. The largest absolute Gasteiger partial charge is 0.382 e. The highest BCUT2D eigenvalue weighted by Gasteiger charge is 2.09. The fourth-order valence-electron chi connectivity index (χ4n) is 1.33. The third-order valence-corrected chi connectivity index (χ3v) is 2.21. The minimum Gasteiger partial charge on any atom is -0.382 e. The highest BCUT2D eigenvalue weighted by atomic mass is 19.1. The van der Waals surface area contributed by atoms with Gasteiger partial charge in [-0.1, -0.05) is 0 Å². The van der Waals surface area contributed by atoms with E-state index in [4.69, 9.17) is 16.4 Å². The number of aromatic amines is 1. The van der Waals surface area contributed by atoms with Gasteiger partial charge in [0.2, 0.25) is 5.71 Å². The summed E-state index contributed by atoms with van der Waals surface area (Å²) in [5.41, 5.74) is 7.76. The van der Waals surface area contributed by atoms with Gasteiger partial charge in [0.15, 0.2) is 11.7 Å². The molecule has 0 saturated carbocycles. The van der Waals surface area contributed by atoms with E-state index in [0.29, 0.717) is 10.9 Å². The van der Waals surface area contributed by atoms with Crippen molar-refractivity contribution in [3.05, 3.63) is 24.1 Å². The number of rotatable bonds is 3. The highest BCUT2D eigenvalue weighted by molar-refractivity contribution is 6.45. The smallest absolute Gasteiger partial charge is 0.201 e. The molecule has 0 spiro atoms. The maximum atomic E-state index is 13.9. The maximum absolute atomic E-state index is 13.9. The number of nitriles is 1. The Morgan fingerprint density at radius 3 is 3.06 bits per heavy atom. The van der Waals surface area contributed by atoms with Crippen molar-refractivity contribution in [1.82, 2.24) is 10.2 Å². The lowest BCUT2D eigenvalue weighted by molar-refractivity contribution is 0.642. The van der Waals surface area contributed by atoms with E-state index in [1.54, 1.807) is 12.1 Å². The molecule has 1 heterocycles. The Bertz CT molecular complexity index is 679. The molecule has 1 aromatic carbocycles. The van der Waals surface area contributed by atoms with Gasteiger partial charge in [-0.2, -0.15) is 15.5 Å². The van der Waals surface area contributed by atoms with Gasteiger partial charge in [-0.05, 0) is 12.1 Å². The van der Waals surface area contributed by atoms with Crippen molar-refractivity contribution in [3.8, 4) is 6.07 Å². The Labute approximate surface area is 101 Å². The molecule has 0 aliphatic rings. The van der Waals surface area contributed by atoms with Crippen molar-refractivity contribution in [2.45, 2.75) is 0 Å². The lowest BCUT2D eigenvalue weighted by Gasteiger charge is -2.03. The molecule has 90 valence electrons. The average Bonchev–Trinajstić information content (AvgIpc) is 2.81. The van der Waals surface area contributed by atoms with Crippen molar-refractivity contribution in [2.24, 2.45) is 10.8 Å². The molecule has 8 heteroatoms. The van der Waals surface area contributed by atoms with Crippen molar-refractivity contribution in [2.75, 3.05) is 5.43 Å². The van der Waals surface area contributed by atoms with Gasteiger partial charge in [0.25, 0.3) is 0 Å². The number of halogens is 1. The van der Waals surface area contributed by atoms with Crippen molar-refractivity contribution >= 4 is 28.1 Å². The Hall–Kier alpha value is -2.95. The summed E-state index contributed by atoms with van der Waals surface area (Å²) in [5.74, 6) is -1.04. The van der Waals surface area contributed by atoms with Crippen LogP contribution in [0.4, 0.5) is 10.1 Å². The summed E-state index contributed by atoms with van der Waals surface area (Å²) >= 11 is 0. The van der Waals surface area contributed by atoms with Gasteiger partial charge in [-0.25, -0.2) is 4.39 Å². The van der Waals surface area contributed by atoms with E-state index in [9.17, 15) is 4.39 Å². The number of hydrogen-bond donors (Lipinski definition) is 4. The molecule has 0 aliphatic heterocycles. The van der Waals surface area contributed by atoms with Crippen LogP contribution in [-0.2, 0) is 0 Å². The standard InChI is InChI=1S/C10H8FN7/c11-9-5-4-15-16-6(5)1-2-7(9)17-18-8(3-12)10(13)14/h1-2,4,17H,(H3,13,14)(H,15,16)/b18-8+. The van der Waals surface area contributed by atoms with Crippen LogP contribution in [0.3, 0.4) is 0 Å². The predicted molar refractivity (Wildman–Crippen MR) is 64.6 cm³/mol. The Morgan fingerprint density at radius 1 is 1.61 bits per heavy atom. The lowest BCUT2D eigenvalue weighted by Crippen LogP contribution is -2.22. The first kappa shape index (κ1) is 11.5. The maximum Gasteiger partial charge on any atom is 0.201 e. The van der Waals surface area contributed by atoms with Gasteiger partial charge >= 0.3 is 0 Å². The van der Waals surface area contributed by atoms with E-state index in [1.807, 2.05) is 0 Å². The number of hydrazone groups is 1. The molecule has 0 atom stereocenters. The number of H-pyrrole nitrogens is 1. The Kier molecular flexibility index (Phi) is 2.89. The number of amidine groups is 1. The monoisotopic (exact) mass is 245 g/mol. The molecule has 1 aromatic heterocycles. The van der Waals surface area contributed by atoms with Gasteiger partial charge in [-0.15, -0.1) is 0 Å². The number of nitrogens with zero attached hydrogens (tertiary/aromatic N) is 3. The fourth-order valence-corrected chi connectivity index (χ4v) is 1.33. The zero-order valence-corrected chi connectivity index (χ0v) is 9.03. The summed E-state index contributed by atoms with van der Waals surface area (Å²) in [6.07, 6.45) is 1.34. The van der Waals surface area contributed by atoms with Crippen LogP contribution in [0.5, 0.6) is 0 Å². The topological polar surface area (TPSA) is 127 Å². The molecule has 0 radical (unpaired) electrons. The predicted octanol–water partition coefficient (Wildman–Crippen LogP) is 0.929. The van der Waals surface area contributed by atoms with Crippen LogP contribution in [0.15, 0.2) is 23.4 Å². The van der Waals surface area contributed by atoms with Crippen LogP contribution in [-0.4, -0.2) is 21.7 Å². The van der Waals surface area contributed by atoms with Crippen LogP contribution in [0, 0.1) is 22.6 Å². The molecule has 5 N–H and O–H groups in total.